The van der Waals surface area contributed by atoms with Crippen LogP contribution in [0.2, 0.25) is 0 Å². The Balaban J connectivity index is 2.30. The Bertz CT molecular complexity index is 495. The second-order valence-corrected chi connectivity index (χ2v) is 7.61. The predicted molar refractivity (Wildman–Crippen MR) is 88.4 cm³/mol. The number of ketones is 1. The Morgan fingerprint density at radius 2 is 2.15 bits per heavy atom. The van der Waals surface area contributed by atoms with Crippen molar-refractivity contribution in [1.82, 2.24) is 4.57 Å². The number of carbonyl (C=O) groups is 1. The van der Waals surface area contributed by atoms with Crippen molar-refractivity contribution in [1.29, 1.82) is 0 Å². The van der Waals surface area contributed by atoms with Crippen LogP contribution in [0.5, 0.6) is 0 Å². The number of Topliss-reactive ketones (excluding diaryl/α,β-unsaturated/α-hetero) is 1. The number of hydrogen-bond donors (Lipinski definition) is 0. The third-order valence-corrected chi connectivity index (χ3v) is 5.70. The zero-order valence-electron chi connectivity index (χ0n) is 12.8. The number of nitrogens with zero attached hydrogens (tertiary/aromatic N) is 1. The molecule has 0 spiro atoms. The van der Waals surface area contributed by atoms with Crippen molar-refractivity contribution in [3.05, 3.63) is 23.0 Å². The zero-order valence-corrected chi connectivity index (χ0v) is 14.4. The van der Waals surface area contributed by atoms with Crippen LogP contribution in [-0.2, 0) is 0 Å². The molecule has 1 aliphatic rings. The summed E-state index contributed by atoms with van der Waals surface area (Å²) in [5, 5.41) is 0.301. The summed E-state index contributed by atoms with van der Waals surface area (Å²) in [7, 11) is 0. The Morgan fingerprint density at radius 1 is 1.45 bits per heavy atom. The lowest BCUT2D eigenvalue weighted by atomic mass is 9.94. The Morgan fingerprint density at radius 3 is 2.75 bits per heavy atom. The van der Waals surface area contributed by atoms with Gasteiger partial charge in [0.05, 0.1) is 5.38 Å². The fraction of sp³-hybridized carbons (Fsp3) is 0.688. The molecule has 1 aromatic heterocycles. The first-order valence-corrected chi connectivity index (χ1v) is 9.07. The third-order valence-electron chi connectivity index (χ3n) is 4.41. The summed E-state index contributed by atoms with van der Waals surface area (Å²) in [5.74, 6) is 0.0447. The van der Waals surface area contributed by atoms with Crippen molar-refractivity contribution in [2.24, 2.45) is 0 Å². The van der Waals surface area contributed by atoms with Crippen molar-refractivity contribution < 1.29 is 4.79 Å². The van der Waals surface area contributed by atoms with Crippen molar-refractivity contribution in [3.63, 3.8) is 0 Å². The van der Waals surface area contributed by atoms with E-state index in [2.05, 4.69) is 24.7 Å². The third kappa shape index (κ3) is 3.09. The van der Waals surface area contributed by atoms with Gasteiger partial charge in [0.25, 0.3) is 0 Å². The van der Waals surface area contributed by atoms with E-state index in [0.29, 0.717) is 6.04 Å². The van der Waals surface area contributed by atoms with Gasteiger partial charge in [0.2, 0.25) is 0 Å². The molecule has 4 heteroatoms. The Hall–Kier alpha value is -0.410. The van der Waals surface area contributed by atoms with Crippen molar-refractivity contribution >= 4 is 29.1 Å². The molecule has 3 atom stereocenters. The van der Waals surface area contributed by atoms with E-state index >= 15 is 0 Å². The van der Waals surface area contributed by atoms with E-state index in [1.165, 1.54) is 31.4 Å². The molecule has 0 aliphatic heterocycles. The number of thioether (sulfide) groups is 1. The van der Waals surface area contributed by atoms with E-state index in [4.69, 9.17) is 11.6 Å². The maximum absolute atomic E-state index is 12.2. The highest BCUT2D eigenvalue weighted by molar-refractivity contribution is 7.99. The number of rotatable bonds is 4. The van der Waals surface area contributed by atoms with Crippen LogP contribution >= 0.6 is 23.4 Å². The SMILES string of the molecule is CSC1CCCC(n2c(C)cc(C(=O)C(C)Cl)c2C)C1. The minimum atomic E-state index is -0.450. The van der Waals surface area contributed by atoms with Gasteiger partial charge in [0.1, 0.15) is 0 Å². The first-order chi connectivity index (χ1) is 9.45. The van der Waals surface area contributed by atoms with Crippen LogP contribution in [0.1, 0.15) is 60.4 Å². The molecule has 1 fully saturated rings. The van der Waals surface area contributed by atoms with E-state index < -0.39 is 5.38 Å². The molecule has 2 rings (SSSR count). The first kappa shape index (κ1) is 16.0. The minimum absolute atomic E-state index is 0.0447. The maximum Gasteiger partial charge on any atom is 0.182 e. The van der Waals surface area contributed by atoms with Gasteiger partial charge in [-0.25, -0.2) is 0 Å². The van der Waals surface area contributed by atoms with E-state index in [1.807, 2.05) is 17.8 Å². The summed E-state index contributed by atoms with van der Waals surface area (Å²) < 4.78 is 2.37. The molecule has 1 aliphatic carbocycles. The molecule has 0 aromatic carbocycles. The van der Waals surface area contributed by atoms with Crippen LogP contribution in [0, 0.1) is 13.8 Å². The Kier molecular flexibility index (Phi) is 5.25. The van der Waals surface area contributed by atoms with E-state index in [9.17, 15) is 4.79 Å². The van der Waals surface area contributed by atoms with Crippen molar-refractivity contribution in [2.75, 3.05) is 6.26 Å². The molecule has 2 nitrogen and oxygen atoms in total. The van der Waals surface area contributed by atoms with E-state index in [1.54, 1.807) is 6.92 Å². The molecule has 1 aromatic rings. The number of aryl methyl sites for hydroxylation is 1. The highest BCUT2D eigenvalue weighted by atomic mass is 35.5. The van der Waals surface area contributed by atoms with Crippen LogP contribution in [-0.4, -0.2) is 27.2 Å². The number of carbonyl (C=O) groups excluding carboxylic acids is 1. The minimum Gasteiger partial charge on any atom is -0.345 e. The summed E-state index contributed by atoms with van der Waals surface area (Å²) >= 11 is 7.94. The van der Waals surface area contributed by atoms with Crippen LogP contribution < -0.4 is 0 Å². The fourth-order valence-corrected chi connectivity index (χ4v) is 4.31. The monoisotopic (exact) mass is 313 g/mol. The Labute approximate surface area is 131 Å². The zero-order chi connectivity index (χ0) is 14.9. The van der Waals surface area contributed by atoms with Gasteiger partial charge in [-0.1, -0.05) is 6.42 Å². The smallest absolute Gasteiger partial charge is 0.182 e. The summed E-state index contributed by atoms with van der Waals surface area (Å²) in [6.45, 7) is 5.91. The molecule has 0 radical (unpaired) electrons. The lowest BCUT2D eigenvalue weighted by molar-refractivity contribution is 0.0991. The summed E-state index contributed by atoms with van der Waals surface area (Å²) in [4.78, 5) is 12.2. The molecule has 112 valence electrons. The maximum atomic E-state index is 12.2. The second kappa shape index (κ2) is 6.57. The average Bonchev–Trinajstić information content (AvgIpc) is 2.73. The molecule has 3 unspecified atom stereocenters. The largest absolute Gasteiger partial charge is 0.345 e. The quantitative estimate of drug-likeness (QED) is 0.590. The van der Waals surface area contributed by atoms with Crippen molar-refractivity contribution in [3.8, 4) is 0 Å². The number of alkyl halides is 1. The normalized spacial score (nSPS) is 24.6. The van der Waals surface area contributed by atoms with Gasteiger partial charge in [0, 0.05) is 28.2 Å². The average molecular weight is 314 g/mol. The molecule has 0 bridgehead atoms. The van der Waals surface area contributed by atoms with Crippen LogP contribution in [0.25, 0.3) is 0 Å². The molecule has 1 heterocycles. The summed E-state index contributed by atoms with van der Waals surface area (Å²) in [6.07, 6.45) is 7.23. The van der Waals surface area contributed by atoms with Crippen molar-refractivity contribution in [2.45, 2.75) is 63.1 Å². The molecule has 1 saturated carbocycles. The molecule has 20 heavy (non-hydrogen) atoms. The predicted octanol–water partition coefficient (Wildman–Crippen LogP) is 4.76. The topological polar surface area (TPSA) is 22.0 Å². The lowest BCUT2D eigenvalue weighted by Gasteiger charge is -2.31. The first-order valence-electron chi connectivity index (χ1n) is 7.35. The van der Waals surface area contributed by atoms with Gasteiger partial charge in [-0.05, 0) is 52.4 Å². The number of halogens is 1. The summed E-state index contributed by atoms with van der Waals surface area (Å²) in [6, 6.07) is 2.55. The van der Waals surface area contributed by atoms with Gasteiger partial charge < -0.3 is 4.57 Å². The van der Waals surface area contributed by atoms with Crippen LogP contribution in [0.3, 0.4) is 0 Å². The molecule has 0 N–H and O–H groups in total. The number of hydrogen-bond acceptors (Lipinski definition) is 2. The van der Waals surface area contributed by atoms with Gasteiger partial charge in [-0.2, -0.15) is 11.8 Å². The molecule has 0 saturated heterocycles. The van der Waals surface area contributed by atoms with Gasteiger partial charge >= 0.3 is 0 Å². The lowest BCUT2D eigenvalue weighted by Crippen LogP contribution is -2.22. The van der Waals surface area contributed by atoms with Gasteiger partial charge in [-0.3, -0.25) is 4.79 Å². The van der Waals surface area contributed by atoms with E-state index in [-0.39, 0.29) is 5.78 Å². The highest BCUT2D eigenvalue weighted by Crippen LogP contribution is 2.36. The van der Waals surface area contributed by atoms with E-state index in [0.717, 1.165) is 16.5 Å². The molecular formula is C16H24ClNOS. The van der Waals surface area contributed by atoms with Gasteiger partial charge in [0.15, 0.2) is 5.78 Å². The summed E-state index contributed by atoms with van der Waals surface area (Å²) in [5.41, 5.74) is 3.08. The molecule has 0 amide bonds. The highest BCUT2D eigenvalue weighted by Gasteiger charge is 2.27. The standard InChI is InChI=1S/C16H24ClNOS/c1-10-8-15(16(19)11(2)17)12(3)18(10)13-6-5-7-14(9-13)20-4/h8,11,13-14H,5-7,9H2,1-4H3. The fourth-order valence-electron chi connectivity index (χ4n) is 3.37. The second-order valence-electron chi connectivity index (χ2n) is 5.81. The number of aromatic nitrogens is 1. The van der Waals surface area contributed by atoms with Crippen LogP contribution in [0.4, 0.5) is 0 Å². The van der Waals surface area contributed by atoms with Gasteiger partial charge in [-0.15, -0.1) is 11.6 Å². The van der Waals surface area contributed by atoms with Crippen LogP contribution in [0.15, 0.2) is 6.07 Å². The molecular weight excluding hydrogens is 290 g/mol.